The van der Waals surface area contributed by atoms with E-state index in [4.69, 9.17) is 0 Å². The lowest BCUT2D eigenvalue weighted by molar-refractivity contribution is 0.614. The fourth-order valence-electron chi connectivity index (χ4n) is 2.18. The number of anilines is 1. The SMILES string of the molecule is CCCC(C)N(C)c1ccnc(CNC2CC2)c1. The average molecular weight is 247 g/mol. The van der Waals surface area contributed by atoms with Crippen LogP contribution in [0.5, 0.6) is 0 Å². The Morgan fingerprint density at radius 2 is 2.28 bits per heavy atom. The standard InChI is InChI=1S/C15H25N3/c1-4-5-12(2)18(3)15-8-9-16-14(10-15)11-17-13-6-7-13/h8-10,12-13,17H,4-7,11H2,1-3H3. The van der Waals surface area contributed by atoms with E-state index in [1.807, 2.05) is 6.20 Å². The highest BCUT2D eigenvalue weighted by atomic mass is 15.1. The average Bonchev–Trinajstić information content (AvgIpc) is 3.20. The van der Waals surface area contributed by atoms with Gasteiger partial charge < -0.3 is 10.2 Å². The molecule has 0 spiro atoms. The maximum absolute atomic E-state index is 4.44. The molecule has 0 aliphatic heterocycles. The van der Waals surface area contributed by atoms with Crippen LogP contribution >= 0.6 is 0 Å². The van der Waals surface area contributed by atoms with Crippen molar-refractivity contribution < 1.29 is 0 Å². The first kappa shape index (κ1) is 13.3. The van der Waals surface area contributed by atoms with Gasteiger partial charge in [0.05, 0.1) is 5.69 Å². The van der Waals surface area contributed by atoms with Crippen LogP contribution in [-0.4, -0.2) is 24.1 Å². The summed E-state index contributed by atoms with van der Waals surface area (Å²) in [4.78, 5) is 6.79. The Balaban J connectivity index is 1.96. The predicted molar refractivity (Wildman–Crippen MR) is 76.9 cm³/mol. The largest absolute Gasteiger partial charge is 0.372 e. The van der Waals surface area contributed by atoms with Crippen molar-refractivity contribution in [3.05, 3.63) is 24.0 Å². The van der Waals surface area contributed by atoms with Gasteiger partial charge in [-0.2, -0.15) is 0 Å². The molecule has 1 aliphatic rings. The number of nitrogens with one attached hydrogen (secondary N) is 1. The second-order valence-electron chi connectivity index (χ2n) is 5.41. The smallest absolute Gasteiger partial charge is 0.0562 e. The van der Waals surface area contributed by atoms with Crippen molar-refractivity contribution in [2.45, 2.75) is 58.2 Å². The van der Waals surface area contributed by atoms with Gasteiger partial charge in [0.2, 0.25) is 0 Å². The second-order valence-corrected chi connectivity index (χ2v) is 5.41. The molecule has 1 aliphatic carbocycles. The van der Waals surface area contributed by atoms with Gasteiger partial charge in [0.25, 0.3) is 0 Å². The second kappa shape index (κ2) is 6.19. The molecule has 1 saturated carbocycles. The molecule has 1 N–H and O–H groups in total. The van der Waals surface area contributed by atoms with E-state index in [9.17, 15) is 0 Å². The van der Waals surface area contributed by atoms with Gasteiger partial charge in [0.1, 0.15) is 0 Å². The summed E-state index contributed by atoms with van der Waals surface area (Å²) in [6.07, 6.45) is 7.04. The molecule has 0 bridgehead atoms. The Morgan fingerprint density at radius 3 is 2.94 bits per heavy atom. The lowest BCUT2D eigenvalue weighted by atomic mass is 10.1. The normalized spacial score (nSPS) is 16.6. The van der Waals surface area contributed by atoms with Crippen LogP contribution in [-0.2, 0) is 6.54 Å². The summed E-state index contributed by atoms with van der Waals surface area (Å²) in [5, 5.41) is 3.51. The van der Waals surface area contributed by atoms with E-state index in [1.165, 1.54) is 31.4 Å². The van der Waals surface area contributed by atoms with Gasteiger partial charge in [-0.25, -0.2) is 0 Å². The molecule has 1 unspecified atom stereocenters. The molecule has 18 heavy (non-hydrogen) atoms. The molecule has 1 atom stereocenters. The third-order valence-electron chi connectivity index (χ3n) is 3.72. The summed E-state index contributed by atoms with van der Waals surface area (Å²) in [5.74, 6) is 0. The quantitative estimate of drug-likeness (QED) is 0.803. The zero-order valence-corrected chi connectivity index (χ0v) is 11.8. The molecular formula is C15H25N3. The highest BCUT2D eigenvalue weighted by Gasteiger charge is 2.20. The summed E-state index contributed by atoms with van der Waals surface area (Å²) in [7, 11) is 2.17. The van der Waals surface area contributed by atoms with Crippen LogP contribution < -0.4 is 10.2 Å². The molecule has 0 aromatic carbocycles. The molecule has 100 valence electrons. The Morgan fingerprint density at radius 1 is 1.50 bits per heavy atom. The summed E-state index contributed by atoms with van der Waals surface area (Å²) in [5.41, 5.74) is 2.42. The van der Waals surface area contributed by atoms with Crippen molar-refractivity contribution in [3.8, 4) is 0 Å². The molecule has 1 fully saturated rings. The number of nitrogens with zero attached hydrogens (tertiary/aromatic N) is 2. The first-order valence-corrected chi connectivity index (χ1v) is 7.12. The van der Waals surface area contributed by atoms with Crippen molar-refractivity contribution >= 4 is 5.69 Å². The van der Waals surface area contributed by atoms with Crippen LogP contribution in [0, 0.1) is 0 Å². The first-order valence-electron chi connectivity index (χ1n) is 7.12. The van der Waals surface area contributed by atoms with Gasteiger partial charge in [-0.05, 0) is 38.3 Å². The Hall–Kier alpha value is -1.09. The third-order valence-corrected chi connectivity index (χ3v) is 3.72. The Kier molecular flexibility index (Phi) is 4.59. The monoisotopic (exact) mass is 247 g/mol. The van der Waals surface area contributed by atoms with E-state index in [0.717, 1.165) is 18.3 Å². The van der Waals surface area contributed by atoms with Gasteiger partial charge in [0, 0.05) is 37.6 Å². The number of hydrogen-bond acceptors (Lipinski definition) is 3. The summed E-state index contributed by atoms with van der Waals surface area (Å²) >= 11 is 0. The predicted octanol–water partition coefficient (Wildman–Crippen LogP) is 2.96. The topological polar surface area (TPSA) is 28.2 Å². The fraction of sp³-hybridized carbons (Fsp3) is 0.667. The highest BCUT2D eigenvalue weighted by Crippen LogP contribution is 2.21. The number of rotatable bonds is 7. The van der Waals surface area contributed by atoms with E-state index >= 15 is 0 Å². The molecule has 0 saturated heterocycles. The van der Waals surface area contributed by atoms with Crippen LogP contribution in [0.4, 0.5) is 5.69 Å². The zero-order valence-electron chi connectivity index (χ0n) is 11.8. The van der Waals surface area contributed by atoms with Gasteiger partial charge in [-0.15, -0.1) is 0 Å². The fourth-order valence-corrected chi connectivity index (χ4v) is 2.18. The van der Waals surface area contributed by atoms with E-state index in [2.05, 4.69) is 48.2 Å². The van der Waals surface area contributed by atoms with Crippen molar-refractivity contribution in [1.82, 2.24) is 10.3 Å². The maximum Gasteiger partial charge on any atom is 0.0562 e. The maximum atomic E-state index is 4.44. The van der Waals surface area contributed by atoms with Crippen LogP contribution in [0.3, 0.4) is 0 Å². The molecule has 3 heteroatoms. The lowest BCUT2D eigenvalue weighted by Crippen LogP contribution is -2.28. The van der Waals surface area contributed by atoms with E-state index < -0.39 is 0 Å². The Labute approximate surface area is 111 Å². The van der Waals surface area contributed by atoms with E-state index in [-0.39, 0.29) is 0 Å². The van der Waals surface area contributed by atoms with Crippen molar-refractivity contribution in [2.24, 2.45) is 0 Å². The van der Waals surface area contributed by atoms with Crippen LogP contribution in [0.25, 0.3) is 0 Å². The lowest BCUT2D eigenvalue weighted by Gasteiger charge is -2.27. The summed E-state index contributed by atoms with van der Waals surface area (Å²) in [6.45, 7) is 5.42. The third kappa shape index (κ3) is 3.70. The van der Waals surface area contributed by atoms with Crippen molar-refractivity contribution in [3.63, 3.8) is 0 Å². The minimum atomic E-state index is 0.585. The van der Waals surface area contributed by atoms with Crippen molar-refractivity contribution in [1.29, 1.82) is 0 Å². The molecule has 3 nitrogen and oxygen atoms in total. The number of pyridine rings is 1. The number of aromatic nitrogens is 1. The number of hydrogen-bond donors (Lipinski definition) is 1. The molecule has 0 radical (unpaired) electrons. The van der Waals surface area contributed by atoms with Crippen LogP contribution in [0.2, 0.25) is 0 Å². The highest BCUT2D eigenvalue weighted by molar-refractivity contribution is 5.46. The van der Waals surface area contributed by atoms with E-state index in [0.29, 0.717) is 6.04 Å². The molecule has 1 heterocycles. The van der Waals surface area contributed by atoms with Gasteiger partial charge in [0.15, 0.2) is 0 Å². The van der Waals surface area contributed by atoms with Crippen LogP contribution in [0.1, 0.15) is 45.2 Å². The summed E-state index contributed by atoms with van der Waals surface area (Å²) < 4.78 is 0. The van der Waals surface area contributed by atoms with E-state index in [1.54, 1.807) is 0 Å². The van der Waals surface area contributed by atoms with Gasteiger partial charge in [-0.1, -0.05) is 13.3 Å². The summed E-state index contributed by atoms with van der Waals surface area (Å²) in [6, 6.07) is 5.64. The van der Waals surface area contributed by atoms with Gasteiger partial charge >= 0.3 is 0 Å². The molecule has 2 rings (SSSR count). The minimum Gasteiger partial charge on any atom is -0.372 e. The van der Waals surface area contributed by atoms with Crippen LogP contribution in [0.15, 0.2) is 18.3 Å². The molecule has 1 aromatic rings. The first-order chi connectivity index (χ1) is 8.70. The molecule has 0 amide bonds. The van der Waals surface area contributed by atoms with Gasteiger partial charge in [-0.3, -0.25) is 4.98 Å². The Bertz CT molecular complexity index is 374. The minimum absolute atomic E-state index is 0.585. The zero-order chi connectivity index (χ0) is 13.0. The van der Waals surface area contributed by atoms with Crippen molar-refractivity contribution in [2.75, 3.05) is 11.9 Å². The molecule has 1 aromatic heterocycles. The molecular weight excluding hydrogens is 222 g/mol.